The molecule has 1 aromatic rings. The molecule has 5 nitrogen and oxygen atoms in total. The molecule has 0 aromatic heterocycles. The normalized spacial score (nSPS) is 17.0. The SMILES string of the molecule is Cc1cc(C)cc(C(=O)NCC(=O)N2CCC([C@@H](C)O)CC2)c1. The summed E-state index contributed by atoms with van der Waals surface area (Å²) in [5, 5.41) is 12.3. The van der Waals surface area contributed by atoms with Gasteiger partial charge in [0, 0.05) is 18.7 Å². The summed E-state index contributed by atoms with van der Waals surface area (Å²) in [4.78, 5) is 26.1. The van der Waals surface area contributed by atoms with Crippen LogP contribution in [0.25, 0.3) is 0 Å². The number of aliphatic hydroxyl groups is 1. The first-order valence-corrected chi connectivity index (χ1v) is 8.19. The third-order valence-electron chi connectivity index (χ3n) is 4.46. The molecule has 1 fully saturated rings. The van der Waals surface area contributed by atoms with Gasteiger partial charge in [-0.15, -0.1) is 0 Å². The molecular weight excluding hydrogens is 292 g/mol. The fourth-order valence-electron chi connectivity index (χ4n) is 3.11. The van der Waals surface area contributed by atoms with Crippen molar-refractivity contribution in [1.82, 2.24) is 10.2 Å². The van der Waals surface area contributed by atoms with Crippen LogP contribution in [0.3, 0.4) is 0 Å². The lowest BCUT2D eigenvalue weighted by Crippen LogP contribution is -2.45. The Labute approximate surface area is 137 Å². The second-order valence-corrected chi connectivity index (χ2v) is 6.52. The summed E-state index contributed by atoms with van der Waals surface area (Å²) in [6.07, 6.45) is 1.31. The van der Waals surface area contributed by atoms with Gasteiger partial charge in [-0.1, -0.05) is 17.2 Å². The van der Waals surface area contributed by atoms with E-state index in [1.54, 1.807) is 11.8 Å². The average molecular weight is 318 g/mol. The zero-order chi connectivity index (χ0) is 17.0. The van der Waals surface area contributed by atoms with Crippen LogP contribution < -0.4 is 5.32 Å². The highest BCUT2D eigenvalue weighted by molar-refractivity contribution is 5.96. The summed E-state index contributed by atoms with van der Waals surface area (Å²) >= 11 is 0. The number of piperidine rings is 1. The van der Waals surface area contributed by atoms with Crippen LogP contribution in [-0.2, 0) is 4.79 Å². The molecule has 5 heteroatoms. The third kappa shape index (κ3) is 4.79. The van der Waals surface area contributed by atoms with Gasteiger partial charge < -0.3 is 15.3 Å². The molecule has 0 spiro atoms. The number of carbonyl (C=O) groups excluding carboxylic acids is 2. The Kier molecular flexibility index (Phi) is 5.77. The minimum Gasteiger partial charge on any atom is -0.393 e. The number of aliphatic hydroxyl groups excluding tert-OH is 1. The van der Waals surface area contributed by atoms with Gasteiger partial charge in [0.2, 0.25) is 5.91 Å². The molecule has 1 aliphatic rings. The Morgan fingerprint density at radius 2 is 1.78 bits per heavy atom. The molecule has 0 aliphatic carbocycles. The van der Waals surface area contributed by atoms with Gasteiger partial charge in [0.1, 0.15) is 0 Å². The van der Waals surface area contributed by atoms with Gasteiger partial charge in [0.05, 0.1) is 12.6 Å². The molecule has 1 heterocycles. The molecule has 0 radical (unpaired) electrons. The number of likely N-dealkylation sites (tertiary alicyclic amines) is 1. The van der Waals surface area contributed by atoms with Gasteiger partial charge in [-0.3, -0.25) is 9.59 Å². The lowest BCUT2D eigenvalue weighted by molar-refractivity contribution is -0.132. The summed E-state index contributed by atoms with van der Waals surface area (Å²) in [5.41, 5.74) is 2.64. The highest BCUT2D eigenvalue weighted by Crippen LogP contribution is 2.20. The third-order valence-corrected chi connectivity index (χ3v) is 4.46. The van der Waals surface area contributed by atoms with Crippen LogP contribution in [0, 0.1) is 19.8 Å². The number of rotatable bonds is 4. The molecule has 1 atom stereocenters. The molecule has 2 N–H and O–H groups in total. The summed E-state index contributed by atoms with van der Waals surface area (Å²) in [7, 11) is 0. The van der Waals surface area contributed by atoms with Crippen molar-refractivity contribution >= 4 is 11.8 Å². The van der Waals surface area contributed by atoms with Crippen molar-refractivity contribution in [3.8, 4) is 0 Å². The van der Waals surface area contributed by atoms with E-state index in [2.05, 4.69) is 5.32 Å². The maximum Gasteiger partial charge on any atom is 0.251 e. The number of hydrogen-bond acceptors (Lipinski definition) is 3. The number of aryl methyl sites for hydroxylation is 2. The van der Waals surface area contributed by atoms with E-state index in [9.17, 15) is 14.7 Å². The van der Waals surface area contributed by atoms with E-state index in [1.807, 2.05) is 32.0 Å². The molecule has 0 bridgehead atoms. The van der Waals surface area contributed by atoms with E-state index in [0.717, 1.165) is 24.0 Å². The van der Waals surface area contributed by atoms with E-state index in [-0.39, 0.29) is 30.4 Å². The molecule has 2 amide bonds. The zero-order valence-corrected chi connectivity index (χ0v) is 14.1. The van der Waals surface area contributed by atoms with Crippen molar-refractivity contribution < 1.29 is 14.7 Å². The van der Waals surface area contributed by atoms with Crippen LogP contribution in [-0.4, -0.2) is 47.6 Å². The van der Waals surface area contributed by atoms with Crippen molar-refractivity contribution in [2.75, 3.05) is 19.6 Å². The van der Waals surface area contributed by atoms with Crippen molar-refractivity contribution in [2.24, 2.45) is 5.92 Å². The number of nitrogens with zero attached hydrogens (tertiary/aromatic N) is 1. The summed E-state index contributed by atoms with van der Waals surface area (Å²) in [6, 6.07) is 5.65. The van der Waals surface area contributed by atoms with E-state index in [4.69, 9.17) is 0 Å². The number of hydrogen-bond donors (Lipinski definition) is 2. The molecule has 126 valence electrons. The molecule has 1 aromatic carbocycles. The van der Waals surface area contributed by atoms with Crippen LogP contribution in [0.1, 0.15) is 41.3 Å². The van der Waals surface area contributed by atoms with Gasteiger partial charge in [0.25, 0.3) is 5.91 Å². The van der Waals surface area contributed by atoms with Gasteiger partial charge >= 0.3 is 0 Å². The van der Waals surface area contributed by atoms with Crippen LogP contribution in [0.5, 0.6) is 0 Å². The molecule has 23 heavy (non-hydrogen) atoms. The van der Waals surface area contributed by atoms with Gasteiger partial charge in [-0.05, 0) is 51.7 Å². The predicted molar refractivity (Wildman–Crippen MR) is 89.2 cm³/mol. The maximum atomic E-state index is 12.2. The second kappa shape index (κ2) is 7.59. The van der Waals surface area contributed by atoms with E-state index in [1.165, 1.54) is 0 Å². The smallest absolute Gasteiger partial charge is 0.251 e. The minimum atomic E-state index is -0.323. The molecule has 0 unspecified atom stereocenters. The summed E-state index contributed by atoms with van der Waals surface area (Å²) in [5.74, 6) is -0.0142. The minimum absolute atomic E-state index is 0.0190. The van der Waals surface area contributed by atoms with Crippen molar-refractivity contribution in [2.45, 2.75) is 39.7 Å². The highest BCUT2D eigenvalue weighted by Gasteiger charge is 2.25. The van der Waals surface area contributed by atoms with Gasteiger partial charge in [-0.25, -0.2) is 0 Å². The summed E-state index contributed by atoms with van der Waals surface area (Å²) < 4.78 is 0. The molecule has 0 saturated carbocycles. The topological polar surface area (TPSA) is 69.6 Å². The number of amides is 2. The number of nitrogens with one attached hydrogen (secondary N) is 1. The monoisotopic (exact) mass is 318 g/mol. The van der Waals surface area contributed by atoms with Crippen LogP contribution in [0.2, 0.25) is 0 Å². The first-order valence-electron chi connectivity index (χ1n) is 8.19. The Morgan fingerprint density at radius 1 is 1.22 bits per heavy atom. The van der Waals surface area contributed by atoms with Gasteiger partial charge in [0.15, 0.2) is 0 Å². The van der Waals surface area contributed by atoms with Crippen molar-refractivity contribution in [1.29, 1.82) is 0 Å². The number of carbonyl (C=O) groups is 2. The second-order valence-electron chi connectivity index (χ2n) is 6.52. The molecule has 2 rings (SSSR count). The van der Waals surface area contributed by atoms with E-state index in [0.29, 0.717) is 18.7 Å². The average Bonchev–Trinajstić information content (AvgIpc) is 2.51. The van der Waals surface area contributed by atoms with Crippen molar-refractivity contribution in [3.05, 3.63) is 34.9 Å². The lowest BCUT2D eigenvalue weighted by Gasteiger charge is -2.33. The van der Waals surface area contributed by atoms with Crippen LogP contribution in [0.4, 0.5) is 0 Å². The molecule has 1 saturated heterocycles. The van der Waals surface area contributed by atoms with Gasteiger partial charge in [-0.2, -0.15) is 0 Å². The first-order chi connectivity index (χ1) is 10.9. The molecule has 1 aliphatic heterocycles. The molecular formula is C18H26N2O3. The Hall–Kier alpha value is -1.88. The van der Waals surface area contributed by atoms with Crippen LogP contribution in [0.15, 0.2) is 18.2 Å². The fourth-order valence-corrected chi connectivity index (χ4v) is 3.11. The van der Waals surface area contributed by atoms with Crippen molar-refractivity contribution in [3.63, 3.8) is 0 Å². The zero-order valence-electron chi connectivity index (χ0n) is 14.1. The summed E-state index contributed by atoms with van der Waals surface area (Å²) in [6.45, 7) is 7.00. The Balaban J connectivity index is 1.83. The van der Waals surface area contributed by atoms with Crippen LogP contribution >= 0.6 is 0 Å². The Bertz CT molecular complexity index is 555. The lowest BCUT2D eigenvalue weighted by atomic mass is 9.92. The number of benzene rings is 1. The quantitative estimate of drug-likeness (QED) is 0.887. The highest BCUT2D eigenvalue weighted by atomic mass is 16.3. The van der Waals surface area contributed by atoms with E-state index >= 15 is 0 Å². The largest absolute Gasteiger partial charge is 0.393 e. The Morgan fingerprint density at radius 3 is 2.30 bits per heavy atom. The van der Waals surface area contributed by atoms with E-state index < -0.39 is 0 Å². The standard InChI is InChI=1S/C18H26N2O3/c1-12-8-13(2)10-16(9-12)18(23)19-11-17(22)20-6-4-15(5-7-20)14(3)21/h8-10,14-15,21H,4-7,11H2,1-3H3,(H,19,23)/t14-/m1/s1. The predicted octanol–water partition coefficient (Wildman–Crippen LogP) is 1.65. The fraction of sp³-hybridized carbons (Fsp3) is 0.556. The first kappa shape index (κ1) is 17.5. The maximum absolute atomic E-state index is 12.2.